The second kappa shape index (κ2) is 19.4. The maximum absolute atomic E-state index is 7.09. The summed E-state index contributed by atoms with van der Waals surface area (Å²) in [6, 6.07) is 60.4. The molecule has 0 N–H and O–H groups in total. The van der Waals surface area contributed by atoms with Gasteiger partial charge in [0.05, 0.1) is 24.0 Å². The zero-order valence-corrected chi connectivity index (χ0v) is 45.1. The summed E-state index contributed by atoms with van der Waals surface area (Å²) in [5.41, 5.74) is 14.9. The van der Waals surface area contributed by atoms with E-state index in [1.807, 2.05) is 42.6 Å². The summed E-state index contributed by atoms with van der Waals surface area (Å²) in [4.78, 5) is 9.84. The van der Waals surface area contributed by atoms with Gasteiger partial charge in [0, 0.05) is 37.4 Å². The third-order valence-corrected chi connectivity index (χ3v) is 13.7. The smallest absolute Gasteiger partial charge is 0.144 e. The minimum absolute atomic E-state index is 0. The molecule has 3 heterocycles. The number of hydrogen-bond donors (Lipinski definition) is 0. The molecule has 0 aliphatic rings. The molecule has 0 spiro atoms. The molecule has 6 heteroatoms. The first-order chi connectivity index (χ1) is 33.6. The van der Waals surface area contributed by atoms with Crippen molar-refractivity contribution in [3.8, 4) is 45.2 Å². The van der Waals surface area contributed by atoms with E-state index in [1.165, 1.54) is 54.9 Å². The van der Waals surface area contributed by atoms with E-state index < -0.39 is 0 Å². The van der Waals surface area contributed by atoms with E-state index in [4.69, 9.17) is 14.1 Å². The van der Waals surface area contributed by atoms with E-state index in [0.717, 1.165) is 67.1 Å². The van der Waals surface area contributed by atoms with Gasteiger partial charge in [-0.25, -0.2) is 0 Å². The molecule has 0 saturated heterocycles. The zero-order chi connectivity index (χ0) is 49.1. The fraction of sp³-hybridized carbons (Fsp3) is 0.231. The molecule has 8 aromatic carbocycles. The van der Waals surface area contributed by atoms with Gasteiger partial charge in [0.2, 0.25) is 0 Å². The summed E-state index contributed by atoms with van der Waals surface area (Å²) in [5.74, 6) is 2.00. The first-order valence-electron chi connectivity index (χ1n) is 24.6. The molecule has 0 amide bonds. The fourth-order valence-electron chi connectivity index (χ4n) is 9.94. The maximum atomic E-state index is 7.09. The van der Waals surface area contributed by atoms with Gasteiger partial charge >= 0.3 is 0 Å². The van der Waals surface area contributed by atoms with Crippen LogP contribution in [0.5, 0.6) is 5.75 Å². The molecule has 1 radical (unpaired) electrons. The van der Waals surface area contributed by atoms with Gasteiger partial charge in [-0.2, -0.15) is 0 Å². The van der Waals surface area contributed by atoms with Gasteiger partial charge in [-0.05, 0) is 120 Å². The van der Waals surface area contributed by atoms with Crippen molar-refractivity contribution < 1.29 is 29.3 Å². The van der Waals surface area contributed by atoms with E-state index in [2.05, 4.69) is 206 Å². The molecule has 11 rings (SSSR count). The molecule has 0 unspecified atom stereocenters. The second-order valence-corrected chi connectivity index (χ2v) is 21.2. The van der Waals surface area contributed by atoms with Crippen LogP contribution in [-0.4, -0.2) is 21.6 Å². The van der Waals surface area contributed by atoms with Gasteiger partial charge in [0.1, 0.15) is 16.8 Å². The summed E-state index contributed by atoms with van der Waals surface area (Å²) in [7, 11) is 1.74. The monoisotopic (exact) mass is 1110 g/mol. The molecule has 0 aliphatic carbocycles. The van der Waals surface area contributed by atoms with E-state index in [0.29, 0.717) is 0 Å². The first kappa shape index (κ1) is 49.1. The minimum atomic E-state index is -0.158. The number of nitrogens with zero attached hydrogens (tertiary/aromatic N) is 3. The van der Waals surface area contributed by atoms with Crippen molar-refractivity contribution in [3.05, 3.63) is 192 Å². The zero-order valence-electron chi connectivity index (χ0n) is 42.7. The molecule has 0 saturated carbocycles. The van der Waals surface area contributed by atoms with E-state index in [9.17, 15) is 0 Å². The number of para-hydroxylation sites is 1. The van der Waals surface area contributed by atoms with Crippen LogP contribution in [0.2, 0.25) is 0 Å². The first-order valence-corrected chi connectivity index (χ1v) is 24.6. The number of rotatable bonds is 7. The van der Waals surface area contributed by atoms with E-state index >= 15 is 0 Å². The van der Waals surface area contributed by atoms with Crippen molar-refractivity contribution in [3.63, 3.8) is 0 Å². The Balaban J connectivity index is 0.000000313. The maximum Gasteiger partial charge on any atom is 0.144 e. The Morgan fingerprint density at radius 2 is 1.34 bits per heavy atom. The van der Waals surface area contributed by atoms with Crippen LogP contribution >= 0.6 is 0 Å². The predicted molar refractivity (Wildman–Crippen MR) is 294 cm³/mol. The second-order valence-electron chi connectivity index (χ2n) is 21.2. The third kappa shape index (κ3) is 9.21. The molecule has 11 aromatic rings. The topological polar surface area (TPSA) is 53.1 Å². The van der Waals surface area contributed by atoms with Crippen molar-refractivity contribution in [2.45, 2.75) is 91.9 Å². The summed E-state index contributed by atoms with van der Waals surface area (Å²) in [5, 5.41) is 7.02. The number of pyridine rings is 1. The van der Waals surface area contributed by atoms with Crippen molar-refractivity contribution in [2.75, 3.05) is 7.11 Å². The number of hydrogen-bond acceptors (Lipinski definition) is 4. The predicted octanol–water partition coefficient (Wildman–Crippen LogP) is 17.8. The Morgan fingerprint density at radius 3 is 2.01 bits per heavy atom. The van der Waals surface area contributed by atoms with Crippen LogP contribution in [0, 0.1) is 12.1 Å². The molecule has 5 nitrogen and oxygen atoms in total. The number of fused-ring (bicyclic) bond motifs is 7. The standard InChI is InChI=1S/C50H45N2O2.C15H16N.Ir/c1-29(2)37-26-34(31-15-10-9-11-16-31)27-38(30(3)4)46(37)52-47-42(19-14-20-43(47)53-8)51-49(52)36-23-24-41(50(5,6)7)45-40-25-33-22-21-32-17-12-13-18-35(32)39(33)28-44(40)54-48(36)45;1-15(2,3)13-9-10-16-14(11-13)12-7-5-4-6-8-12;/h9-22,24-30H,1-8H3;4-7,9-11H,1-3H3;/q2*-1;. The Bertz CT molecular complexity index is 3690. The summed E-state index contributed by atoms with van der Waals surface area (Å²) < 4.78 is 15.5. The van der Waals surface area contributed by atoms with Crippen molar-refractivity contribution in [1.29, 1.82) is 0 Å². The van der Waals surface area contributed by atoms with Crippen LogP contribution in [0.1, 0.15) is 103 Å². The summed E-state index contributed by atoms with van der Waals surface area (Å²) in [6.07, 6.45) is 1.87. The van der Waals surface area contributed by atoms with Crippen LogP contribution in [0.15, 0.2) is 162 Å². The molecule has 0 aliphatic heterocycles. The average Bonchev–Trinajstić information content (AvgIpc) is 3.94. The Hall–Kier alpha value is -6.85. The molecular weight excluding hydrogens is 1050 g/mol. The van der Waals surface area contributed by atoms with E-state index in [-0.39, 0.29) is 42.8 Å². The van der Waals surface area contributed by atoms with Gasteiger partial charge in [0.25, 0.3) is 0 Å². The normalized spacial score (nSPS) is 12.0. The number of furan rings is 1. The number of imidazole rings is 1. The molecular formula is C65H61IrN3O2-2. The van der Waals surface area contributed by atoms with Gasteiger partial charge in [0.15, 0.2) is 0 Å². The van der Waals surface area contributed by atoms with Crippen LogP contribution in [0.4, 0.5) is 0 Å². The average molecular weight is 1110 g/mol. The number of methoxy groups -OCH3 is 1. The Morgan fingerprint density at radius 1 is 0.634 bits per heavy atom. The summed E-state index contributed by atoms with van der Waals surface area (Å²) >= 11 is 0. The van der Waals surface area contributed by atoms with E-state index in [1.54, 1.807) is 7.11 Å². The molecule has 359 valence electrons. The van der Waals surface area contributed by atoms with Crippen LogP contribution in [0.3, 0.4) is 0 Å². The number of aromatic nitrogens is 3. The molecule has 3 aromatic heterocycles. The van der Waals surface area contributed by atoms with Gasteiger partial charge in [-0.15, -0.1) is 53.6 Å². The molecule has 0 atom stereocenters. The van der Waals surface area contributed by atoms with Crippen molar-refractivity contribution in [2.24, 2.45) is 0 Å². The van der Waals surface area contributed by atoms with Crippen LogP contribution < -0.4 is 4.74 Å². The van der Waals surface area contributed by atoms with Crippen molar-refractivity contribution in [1.82, 2.24) is 14.5 Å². The van der Waals surface area contributed by atoms with Crippen LogP contribution in [0.25, 0.3) is 94.0 Å². The fourth-order valence-corrected chi connectivity index (χ4v) is 9.94. The quantitative estimate of drug-likeness (QED) is 0.118. The number of benzene rings is 8. The summed E-state index contributed by atoms with van der Waals surface area (Å²) in [6.45, 7) is 22.5. The van der Waals surface area contributed by atoms with Crippen molar-refractivity contribution >= 4 is 54.5 Å². The third-order valence-electron chi connectivity index (χ3n) is 13.7. The largest absolute Gasteiger partial charge is 0.501 e. The SMILES string of the molecule is CC(C)(C)c1ccnc(-c2[c-]cccc2)c1.COc1cccc2nc(-c3[c-]cc(C(C)(C)C)c4c3oc3cc5c(ccc6ccccc65)cc34)n(-c3c(C(C)C)cc(-c4ccccc4)cc3C(C)C)c12.[Ir]. The van der Waals surface area contributed by atoms with Gasteiger partial charge < -0.3 is 18.7 Å². The van der Waals surface area contributed by atoms with Crippen LogP contribution in [-0.2, 0) is 30.9 Å². The number of ether oxygens (including phenoxy) is 1. The molecule has 0 fully saturated rings. The van der Waals surface area contributed by atoms with Gasteiger partial charge in [-0.3, -0.25) is 4.98 Å². The Kier molecular flexibility index (Phi) is 13.4. The Labute approximate surface area is 432 Å². The molecule has 71 heavy (non-hydrogen) atoms. The molecule has 0 bridgehead atoms. The van der Waals surface area contributed by atoms with Gasteiger partial charge in [-0.1, -0.05) is 159 Å². The minimum Gasteiger partial charge on any atom is -0.501 e.